The Balaban J connectivity index is 1.52. The molecule has 6 heteroatoms. The molecule has 1 aromatic heterocycles. The van der Waals surface area contributed by atoms with Gasteiger partial charge < -0.3 is 19.4 Å². The van der Waals surface area contributed by atoms with Gasteiger partial charge in [-0.25, -0.2) is 4.98 Å². The van der Waals surface area contributed by atoms with Crippen LogP contribution in [0.2, 0.25) is 0 Å². The van der Waals surface area contributed by atoms with E-state index >= 15 is 0 Å². The van der Waals surface area contributed by atoms with E-state index in [1.54, 1.807) is 7.11 Å². The monoisotopic (exact) mass is 339 g/mol. The van der Waals surface area contributed by atoms with Gasteiger partial charge in [0.25, 0.3) is 0 Å². The summed E-state index contributed by atoms with van der Waals surface area (Å²) in [5, 5.41) is 2.87. The first-order valence-electron chi connectivity index (χ1n) is 8.13. The summed E-state index contributed by atoms with van der Waals surface area (Å²) in [6.45, 7) is 2.93. The number of carbonyl (C=O) groups excluding carboxylic acids is 1. The van der Waals surface area contributed by atoms with Crippen molar-refractivity contribution in [2.75, 3.05) is 20.3 Å². The lowest BCUT2D eigenvalue weighted by Gasteiger charge is -2.11. The molecule has 0 atom stereocenters. The summed E-state index contributed by atoms with van der Waals surface area (Å²) in [6, 6.07) is 15.2. The topological polar surface area (TPSA) is 65.4 Å². The van der Waals surface area contributed by atoms with Crippen molar-refractivity contribution < 1.29 is 14.3 Å². The Hall–Kier alpha value is -3.02. The molecule has 2 aromatic carbocycles. The summed E-state index contributed by atoms with van der Waals surface area (Å²) < 4.78 is 12.8. The number of methoxy groups -OCH3 is 1. The van der Waals surface area contributed by atoms with E-state index in [1.807, 2.05) is 60.0 Å². The number of imidazole rings is 1. The molecule has 0 fully saturated rings. The molecule has 25 heavy (non-hydrogen) atoms. The van der Waals surface area contributed by atoms with Gasteiger partial charge in [-0.2, -0.15) is 0 Å². The average Bonchev–Trinajstić information content (AvgIpc) is 2.94. The first-order valence-corrected chi connectivity index (χ1v) is 8.13. The van der Waals surface area contributed by atoms with Crippen LogP contribution >= 0.6 is 0 Å². The zero-order chi connectivity index (χ0) is 17.6. The summed E-state index contributed by atoms with van der Waals surface area (Å²) in [4.78, 5) is 16.7. The first kappa shape index (κ1) is 16.8. The third-order valence-electron chi connectivity index (χ3n) is 3.90. The molecular formula is C19H21N3O3. The van der Waals surface area contributed by atoms with E-state index in [2.05, 4.69) is 10.3 Å². The van der Waals surface area contributed by atoms with Crippen LogP contribution in [0.4, 0.5) is 0 Å². The molecule has 0 unspecified atom stereocenters. The zero-order valence-electron chi connectivity index (χ0n) is 14.4. The van der Waals surface area contributed by atoms with Crippen LogP contribution < -0.4 is 14.8 Å². The SMILES string of the molecule is COc1ccccc1OCCNC(=O)Cn1c(C)nc2ccccc21. The van der Waals surface area contributed by atoms with Gasteiger partial charge in [-0.05, 0) is 31.2 Å². The number of nitrogens with zero attached hydrogens (tertiary/aromatic N) is 2. The Morgan fingerprint density at radius 2 is 1.84 bits per heavy atom. The molecule has 130 valence electrons. The number of hydrogen-bond acceptors (Lipinski definition) is 4. The van der Waals surface area contributed by atoms with E-state index in [0.717, 1.165) is 16.9 Å². The second-order valence-electron chi connectivity index (χ2n) is 5.58. The Kier molecular flexibility index (Phi) is 5.18. The zero-order valence-corrected chi connectivity index (χ0v) is 14.4. The van der Waals surface area contributed by atoms with Gasteiger partial charge in [0.05, 0.1) is 24.7 Å². The maximum atomic E-state index is 12.2. The molecule has 3 rings (SSSR count). The Bertz CT molecular complexity index is 873. The minimum atomic E-state index is -0.0742. The molecule has 0 radical (unpaired) electrons. The van der Waals surface area contributed by atoms with Crippen molar-refractivity contribution in [1.82, 2.24) is 14.9 Å². The molecule has 1 heterocycles. The van der Waals surface area contributed by atoms with Crippen LogP contribution in [0.15, 0.2) is 48.5 Å². The van der Waals surface area contributed by atoms with Crippen LogP contribution in [0.25, 0.3) is 11.0 Å². The predicted molar refractivity (Wildman–Crippen MR) is 96.0 cm³/mol. The highest BCUT2D eigenvalue weighted by Gasteiger charge is 2.10. The van der Waals surface area contributed by atoms with Crippen molar-refractivity contribution in [2.24, 2.45) is 0 Å². The minimum Gasteiger partial charge on any atom is -0.493 e. The first-order chi connectivity index (χ1) is 12.2. The fourth-order valence-electron chi connectivity index (χ4n) is 2.68. The molecule has 0 saturated heterocycles. The van der Waals surface area contributed by atoms with Crippen LogP contribution in [0, 0.1) is 6.92 Å². The number of carbonyl (C=O) groups is 1. The van der Waals surface area contributed by atoms with Crippen molar-refractivity contribution in [3.8, 4) is 11.5 Å². The van der Waals surface area contributed by atoms with E-state index in [9.17, 15) is 4.79 Å². The van der Waals surface area contributed by atoms with Gasteiger partial charge in [-0.1, -0.05) is 24.3 Å². The normalized spacial score (nSPS) is 10.6. The van der Waals surface area contributed by atoms with E-state index in [0.29, 0.717) is 24.7 Å². The van der Waals surface area contributed by atoms with Crippen molar-refractivity contribution >= 4 is 16.9 Å². The lowest BCUT2D eigenvalue weighted by atomic mass is 10.3. The highest BCUT2D eigenvalue weighted by Crippen LogP contribution is 2.25. The van der Waals surface area contributed by atoms with Crippen LogP contribution in [0.3, 0.4) is 0 Å². The van der Waals surface area contributed by atoms with Gasteiger partial charge in [-0.15, -0.1) is 0 Å². The number of fused-ring (bicyclic) bond motifs is 1. The molecule has 0 aliphatic rings. The second-order valence-corrected chi connectivity index (χ2v) is 5.58. The molecule has 0 spiro atoms. The van der Waals surface area contributed by atoms with Gasteiger partial charge in [0.15, 0.2) is 11.5 Å². The predicted octanol–water partition coefficient (Wildman–Crippen LogP) is 2.55. The fourth-order valence-corrected chi connectivity index (χ4v) is 2.68. The Morgan fingerprint density at radius 1 is 1.12 bits per heavy atom. The molecule has 6 nitrogen and oxygen atoms in total. The van der Waals surface area contributed by atoms with E-state index in [4.69, 9.17) is 9.47 Å². The number of aromatic nitrogens is 2. The number of nitrogens with one attached hydrogen (secondary N) is 1. The third-order valence-corrected chi connectivity index (χ3v) is 3.90. The van der Waals surface area contributed by atoms with Gasteiger partial charge >= 0.3 is 0 Å². The quantitative estimate of drug-likeness (QED) is 0.672. The number of rotatable bonds is 7. The Labute approximate surface area is 146 Å². The minimum absolute atomic E-state index is 0.0742. The number of aryl methyl sites for hydroxylation is 1. The van der Waals surface area contributed by atoms with E-state index < -0.39 is 0 Å². The van der Waals surface area contributed by atoms with Crippen LogP contribution in [0.1, 0.15) is 5.82 Å². The summed E-state index contributed by atoms with van der Waals surface area (Å²) in [6.07, 6.45) is 0. The van der Waals surface area contributed by atoms with E-state index in [1.165, 1.54) is 0 Å². The number of benzene rings is 2. The smallest absolute Gasteiger partial charge is 0.240 e. The molecule has 0 bridgehead atoms. The molecule has 1 amide bonds. The van der Waals surface area contributed by atoms with Crippen LogP contribution in [-0.4, -0.2) is 35.7 Å². The third kappa shape index (κ3) is 3.91. The molecule has 0 aliphatic carbocycles. The number of para-hydroxylation sites is 4. The molecule has 0 saturated carbocycles. The molecule has 3 aromatic rings. The van der Waals surface area contributed by atoms with Crippen molar-refractivity contribution in [1.29, 1.82) is 0 Å². The van der Waals surface area contributed by atoms with Crippen LogP contribution in [-0.2, 0) is 11.3 Å². The number of amides is 1. The maximum Gasteiger partial charge on any atom is 0.240 e. The van der Waals surface area contributed by atoms with Gasteiger partial charge in [0, 0.05) is 0 Å². The summed E-state index contributed by atoms with van der Waals surface area (Å²) in [5.74, 6) is 2.08. The number of hydrogen-bond donors (Lipinski definition) is 1. The van der Waals surface area contributed by atoms with Crippen molar-refractivity contribution in [3.05, 3.63) is 54.4 Å². The van der Waals surface area contributed by atoms with Crippen LogP contribution in [0.5, 0.6) is 11.5 Å². The molecular weight excluding hydrogens is 318 g/mol. The largest absolute Gasteiger partial charge is 0.493 e. The van der Waals surface area contributed by atoms with E-state index in [-0.39, 0.29) is 12.5 Å². The lowest BCUT2D eigenvalue weighted by Crippen LogP contribution is -2.31. The summed E-state index contributed by atoms with van der Waals surface area (Å²) >= 11 is 0. The van der Waals surface area contributed by atoms with Gasteiger partial charge in [0.1, 0.15) is 19.0 Å². The van der Waals surface area contributed by atoms with Crippen molar-refractivity contribution in [3.63, 3.8) is 0 Å². The lowest BCUT2D eigenvalue weighted by molar-refractivity contribution is -0.121. The standard InChI is InChI=1S/C19H21N3O3/c1-14-21-15-7-3-4-8-16(15)22(14)13-19(23)20-11-12-25-18-10-6-5-9-17(18)24-2/h3-10H,11-13H2,1-2H3,(H,20,23). The molecule has 0 aliphatic heterocycles. The maximum absolute atomic E-state index is 12.2. The van der Waals surface area contributed by atoms with Gasteiger partial charge in [-0.3, -0.25) is 4.79 Å². The average molecular weight is 339 g/mol. The Morgan fingerprint density at radius 3 is 2.64 bits per heavy atom. The fraction of sp³-hybridized carbons (Fsp3) is 0.263. The summed E-state index contributed by atoms with van der Waals surface area (Å²) in [7, 11) is 1.60. The molecule has 1 N–H and O–H groups in total. The highest BCUT2D eigenvalue weighted by molar-refractivity contribution is 5.81. The number of ether oxygens (including phenoxy) is 2. The second kappa shape index (κ2) is 7.70. The van der Waals surface area contributed by atoms with Crippen molar-refractivity contribution in [2.45, 2.75) is 13.5 Å². The summed E-state index contributed by atoms with van der Waals surface area (Å²) in [5.41, 5.74) is 1.85. The van der Waals surface area contributed by atoms with Gasteiger partial charge in [0.2, 0.25) is 5.91 Å². The highest BCUT2D eigenvalue weighted by atomic mass is 16.5.